The molecule has 15 heavy (non-hydrogen) atoms. The van der Waals surface area contributed by atoms with Gasteiger partial charge in [-0.2, -0.15) is 0 Å². The van der Waals surface area contributed by atoms with E-state index < -0.39 is 17.6 Å². The normalized spacial score (nSPS) is 27.0. The van der Waals surface area contributed by atoms with Gasteiger partial charge >= 0.3 is 0 Å². The van der Waals surface area contributed by atoms with Crippen LogP contribution in [0.15, 0.2) is 11.8 Å². The van der Waals surface area contributed by atoms with Gasteiger partial charge in [0.25, 0.3) is 0 Å². The van der Waals surface area contributed by atoms with Gasteiger partial charge in [0, 0.05) is 18.3 Å². The molecule has 0 heterocycles. The minimum atomic E-state index is -1.39. The summed E-state index contributed by atoms with van der Waals surface area (Å²) in [6.07, 6.45) is 3.32. The molecule has 0 fully saturated rings. The highest BCUT2D eigenvalue weighted by atomic mass is 32.2. The summed E-state index contributed by atoms with van der Waals surface area (Å²) in [6.45, 7) is 2.93. The predicted octanol–water partition coefficient (Wildman–Crippen LogP) is 1.72. The van der Waals surface area contributed by atoms with E-state index in [4.69, 9.17) is 4.18 Å². The van der Waals surface area contributed by atoms with Crippen molar-refractivity contribution in [2.24, 2.45) is 11.8 Å². The molecule has 0 N–H and O–H groups in total. The Morgan fingerprint density at radius 3 is 2.80 bits per heavy atom. The topological polar surface area (TPSA) is 43.4 Å². The lowest BCUT2D eigenvalue weighted by Gasteiger charge is -2.30. The number of aldehydes is 1. The Labute approximate surface area is 92.4 Å². The van der Waals surface area contributed by atoms with Crippen LogP contribution in [0.1, 0.15) is 26.7 Å². The molecule has 2 unspecified atom stereocenters. The largest absolute Gasteiger partial charge is 0.407 e. The average Bonchev–Trinajstić information content (AvgIpc) is 2.16. The SMILES string of the molecule is CC(C)(F)C1C=C(O[SH]=O)CC(C=O)C1. The Balaban J connectivity index is 2.84. The van der Waals surface area contributed by atoms with E-state index in [9.17, 15) is 13.4 Å². The van der Waals surface area contributed by atoms with E-state index in [-0.39, 0.29) is 11.8 Å². The molecule has 0 radical (unpaired) electrons. The van der Waals surface area contributed by atoms with Crippen LogP contribution < -0.4 is 0 Å². The van der Waals surface area contributed by atoms with Crippen molar-refractivity contribution >= 4 is 18.2 Å². The molecule has 1 aliphatic carbocycles. The van der Waals surface area contributed by atoms with E-state index in [0.717, 1.165) is 6.29 Å². The fourth-order valence-corrected chi connectivity index (χ4v) is 1.96. The monoisotopic (exact) mass is 234 g/mol. The minimum absolute atomic E-state index is 0.244. The second-order valence-corrected chi connectivity index (χ2v) is 4.64. The van der Waals surface area contributed by atoms with Crippen LogP contribution in [0.3, 0.4) is 0 Å². The number of hydrogen-bond donors (Lipinski definition) is 1. The molecule has 0 aliphatic heterocycles. The van der Waals surface area contributed by atoms with Crippen LogP contribution in [0.25, 0.3) is 0 Å². The van der Waals surface area contributed by atoms with Gasteiger partial charge in [0.15, 0.2) is 11.9 Å². The minimum Gasteiger partial charge on any atom is -0.407 e. The molecule has 0 aromatic carbocycles. The van der Waals surface area contributed by atoms with Gasteiger partial charge in [-0.1, -0.05) is 0 Å². The fourth-order valence-electron chi connectivity index (χ4n) is 1.73. The number of thiol groups is 1. The van der Waals surface area contributed by atoms with Crippen molar-refractivity contribution in [3.8, 4) is 0 Å². The number of halogens is 1. The molecule has 0 saturated heterocycles. The first-order valence-electron chi connectivity index (χ1n) is 4.82. The molecule has 0 bridgehead atoms. The Kier molecular flexibility index (Phi) is 4.02. The smallest absolute Gasteiger partial charge is 0.192 e. The van der Waals surface area contributed by atoms with Crippen LogP contribution in [-0.4, -0.2) is 16.2 Å². The van der Waals surface area contributed by atoms with E-state index in [1.807, 2.05) is 0 Å². The molecule has 2 atom stereocenters. The number of carbonyl (C=O) groups excluding carboxylic acids is 1. The third kappa shape index (κ3) is 3.41. The maximum Gasteiger partial charge on any atom is 0.192 e. The molecule has 0 spiro atoms. The van der Waals surface area contributed by atoms with Gasteiger partial charge in [-0.15, -0.1) is 0 Å². The molecular weight excluding hydrogens is 219 g/mol. The first-order chi connectivity index (χ1) is 6.97. The van der Waals surface area contributed by atoms with Crippen molar-refractivity contribution in [2.45, 2.75) is 32.4 Å². The third-order valence-electron chi connectivity index (χ3n) is 2.64. The number of allylic oxidation sites excluding steroid dienone is 2. The summed E-state index contributed by atoms with van der Waals surface area (Å²) in [5.74, 6) is -0.171. The first kappa shape index (κ1) is 12.4. The number of carbonyl (C=O) groups is 1. The molecule has 0 aromatic rings. The Bertz CT molecular complexity index is 283. The lowest BCUT2D eigenvalue weighted by Crippen LogP contribution is -2.30. The quantitative estimate of drug-likeness (QED) is 0.595. The van der Waals surface area contributed by atoms with Gasteiger partial charge in [0.2, 0.25) is 0 Å². The van der Waals surface area contributed by atoms with Gasteiger partial charge in [0.05, 0.1) is 0 Å². The van der Waals surface area contributed by atoms with E-state index in [0.29, 0.717) is 18.6 Å². The fraction of sp³-hybridized carbons (Fsp3) is 0.700. The van der Waals surface area contributed by atoms with Gasteiger partial charge < -0.3 is 8.98 Å². The summed E-state index contributed by atoms with van der Waals surface area (Å²) >= 11 is -0.464. The zero-order valence-corrected chi connectivity index (χ0v) is 9.67. The van der Waals surface area contributed by atoms with Gasteiger partial charge in [-0.3, -0.25) is 0 Å². The predicted molar refractivity (Wildman–Crippen MR) is 56.2 cm³/mol. The van der Waals surface area contributed by atoms with Gasteiger partial charge in [-0.05, 0) is 26.3 Å². The van der Waals surface area contributed by atoms with Crippen LogP contribution in [-0.2, 0) is 20.9 Å². The third-order valence-corrected chi connectivity index (χ3v) is 2.94. The van der Waals surface area contributed by atoms with E-state index in [2.05, 4.69) is 0 Å². The van der Waals surface area contributed by atoms with Crippen molar-refractivity contribution in [3.63, 3.8) is 0 Å². The first-order valence-corrected chi connectivity index (χ1v) is 5.55. The lowest BCUT2D eigenvalue weighted by molar-refractivity contribution is -0.112. The van der Waals surface area contributed by atoms with Crippen molar-refractivity contribution in [3.05, 3.63) is 11.8 Å². The van der Waals surface area contributed by atoms with Crippen LogP contribution in [0.2, 0.25) is 0 Å². The molecule has 0 amide bonds. The molecule has 1 aliphatic rings. The number of hydrogen-bond acceptors (Lipinski definition) is 3. The molecule has 0 aromatic heterocycles. The van der Waals surface area contributed by atoms with Crippen molar-refractivity contribution in [2.75, 3.05) is 0 Å². The summed E-state index contributed by atoms with van der Waals surface area (Å²) in [7, 11) is 0. The number of alkyl halides is 1. The zero-order valence-electron chi connectivity index (χ0n) is 8.77. The van der Waals surface area contributed by atoms with E-state index in [1.165, 1.54) is 13.8 Å². The highest BCUT2D eigenvalue weighted by molar-refractivity contribution is 7.60. The molecule has 1 rings (SSSR count). The van der Waals surface area contributed by atoms with Crippen molar-refractivity contribution in [1.29, 1.82) is 0 Å². The summed E-state index contributed by atoms with van der Waals surface area (Å²) in [5, 5.41) is 0. The molecule has 86 valence electrons. The highest BCUT2D eigenvalue weighted by Gasteiger charge is 2.34. The molecule has 3 nitrogen and oxygen atoms in total. The van der Waals surface area contributed by atoms with E-state index in [1.54, 1.807) is 6.08 Å². The Morgan fingerprint density at radius 1 is 1.67 bits per heavy atom. The van der Waals surface area contributed by atoms with Crippen molar-refractivity contribution < 1.29 is 17.6 Å². The summed E-state index contributed by atoms with van der Waals surface area (Å²) < 4.78 is 28.8. The lowest BCUT2D eigenvalue weighted by atomic mass is 9.79. The molecule has 5 heteroatoms. The average molecular weight is 234 g/mol. The molecule has 0 saturated carbocycles. The summed E-state index contributed by atoms with van der Waals surface area (Å²) in [5.41, 5.74) is -1.39. The second kappa shape index (κ2) is 4.88. The maximum absolute atomic E-state index is 13.7. The van der Waals surface area contributed by atoms with Gasteiger partial charge in [-0.25, -0.2) is 8.60 Å². The number of rotatable bonds is 4. The van der Waals surface area contributed by atoms with Crippen LogP contribution in [0, 0.1) is 11.8 Å². The van der Waals surface area contributed by atoms with Gasteiger partial charge in [0.1, 0.15) is 17.7 Å². The highest BCUT2D eigenvalue weighted by Crippen LogP contribution is 2.35. The second-order valence-electron chi connectivity index (χ2n) is 4.31. The van der Waals surface area contributed by atoms with Crippen LogP contribution in [0.4, 0.5) is 4.39 Å². The standard InChI is InChI=1S/C10H15FO3S/c1-10(2,11)8-3-7(6-12)4-9(5-8)14-15-13/h5-8,15H,3-4H2,1-2H3. The molecular formula is C10H15FO3S. The Hall–Kier alpha value is -0.710. The van der Waals surface area contributed by atoms with E-state index >= 15 is 0 Å². The van der Waals surface area contributed by atoms with Crippen LogP contribution >= 0.6 is 0 Å². The van der Waals surface area contributed by atoms with Crippen molar-refractivity contribution in [1.82, 2.24) is 0 Å². The Morgan fingerprint density at radius 2 is 2.33 bits per heavy atom. The summed E-state index contributed by atoms with van der Waals surface area (Å²) in [4.78, 5) is 10.7. The maximum atomic E-state index is 13.7. The zero-order chi connectivity index (χ0) is 11.5. The summed E-state index contributed by atoms with van der Waals surface area (Å²) in [6, 6.07) is 0. The van der Waals surface area contributed by atoms with Crippen LogP contribution in [0.5, 0.6) is 0 Å².